The SMILES string of the molecule is CCC1O[C@@H]2[C@H](C[C@H]1C)OC1(C[C@H](C)[C@H](OCc3ccc(OC)cc3)[C@H](CC(=O)OCc3ccccc3)O1)C[C@@H]2C. The Morgan fingerprint density at radius 2 is 1.59 bits per heavy atom. The second-order valence-corrected chi connectivity index (χ2v) is 12.3. The highest BCUT2D eigenvalue weighted by Crippen LogP contribution is 2.48. The fourth-order valence-electron chi connectivity index (χ4n) is 7.00. The summed E-state index contributed by atoms with van der Waals surface area (Å²) in [7, 11) is 1.66. The zero-order valence-electron chi connectivity index (χ0n) is 25.1. The first-order chi connectivity index (χ1) is 19.8. The molecule has 2 aromatic rings. The average molecular weight is 567 g/mol. The van der Waals surface area contributed by atoms with Gasteiger partial charge in [-0.1, -0.05) is 70.2 Å². The van der Waals surface area contributed by atoms with Crippen LogP contribution in [0.15, 0.2) is 54.6 Å². The highest BCUT2D eigenvalue weighted by molar-refractivity contribution is 5.70. The molecule has 224 valence electrons. The summed E-state index contributed by atoms with van der Waals surface area (Å²) in [4.78, 5) is 13.1. The molecule has 7 heteroatoms. The van der Waals surface area contributed by atoms with Crippen LogP contribution in [0, 0.1) is 17.8 Å². The lowest BCUT2D eigenvalue weighted by Crippen LogP contribution is -2.62. The summed E-state index contributed by atoms with van der Waals surface area (Å²) in [5.41, 5.74) is 1.99. The van der Waals surface area contributed by atoms with E-state index in [0.29, 0.717) is 18.9 Å². The van der Waals surface area contributed by atoms with Crippen molar-refractivity contribution in [3.05, 3.63) is 65.7 Å². The number of hydrogen-bond donors (Lipinski definition) is 0. The molecule has 0 bridgehead atoms. The molecular formula is C34H46O7. The van der Waals surface area contributed by atoms with Crippen molar-refractivity contribution in [2.75, 3.05) is 7.11 Å². The summed E-state index contributed by atoms with van der Waals surface area (Å²) in [6.45, 7) is 9.51. The van der Waals surface area contributed by atoms with Gasteiger partial charge in [0.2, 0.25) is 0 Å². The molecule has 3 aliphatic heterocycles. The summed E-state index contributed by atoms with van der Waals surface area (Å²) >= 11 is 0. The first-order valence-corrected chi connectivity index (χ1v) is 15.2. The fourth-order valence-corrected chi connectivity index (χ4v) is 7.00. The van der Waals surface area contributed by atoms with Crippen molar-refractivity contribution < 1.29 is 33.2 Å². The van der Waals surface area contributed by atoms with Crippen LogP contribution < -0.4 is 4.74 Å². The van der Waals surface area contributed by atoms with Crippen LogP contribution in [0.4, 0.5) is 0 Å². The Labute approximate surface area is 244 Å². The Kier molecular flexibility index (Phi) is 9.70. The maximum atomic E-state index is 13.1. The molecule has 2 unspecified atom stereocenters. The fraction of sp³-hybridized carbons (Fsp3) is 0.618. The van der Waals surface area contributed by atoms with E-state index in [-0.39, 0.29) is 55.2 Å². The zero-order valence-corrected chi connectivity index (χ0v) is 25.1. The number of esters is 1. The number of methoxy groups -OCH3 is 1. The highest BCUT2D eigenvalue weighted by atomic mass is 16.7. The van der Waals surface area contributed by atoms with Crippen LogP contribution in [-0.2, 0) is 41.7 Å². The number of rotatable bonds is 9. The third-order valence-corrected chi connectivity index (χ3v) is 9.04. The van der Waals surface area contributed by atoms with Crippen LogP contribution >= 0.6 is 0 Å². The van der Waals surface area contributed by atoms with E-state index in [1.165, 1.54) is 0 Å². The molecule has 41 heavy (non-hydrogen) atoms. The van der Waals surface area contributed by atoms with Gasteiger partial charge in [0, 0.05) is 12.8 Å². The van der Waals surface area contributed by atoms with E-state index in [2.05, 4.69) is 27.7 Å². The van der Waals surface area contributed by atoms with Gasteiger partial charge in [-0.05, 0) is 53.9 Å². The largest absolute Gasteiger partial charge is 0.497 e. The third kappa shape index (κ3) is 7.14. The first kappa shape index (κ1) is 30.0. The third-order valence-electron chi connectivity index (χ3n) is 9.04. The van der Waals surface area contributed by atoms with Crippen molar-refractivity contribution in [3.8, 4) is 5.75 Å². The lowest BCUT2D eigenvalue weighted by Gasteiger charge is -2.56. The normalized spacial score (nSPS) is 35.0. The van der Waals surface area contributed by atoms with Crippen molar-refractivity contribution in [2.24, 2.45) is 17.8 Å². The van der Waals surface area contributed by atoms with Crippen molar-refractivity contribution in [3.63, 3.8) is 0 Å². The molecule has 2 aromatic carbocycles. The lowest BCUT2D eigenvalue weighted by atomic mass is 9.77. The van der Waals surface area contributed by atoms with Gasteiger partial charge in [-0.15, -0.1) is 0 Å². The highest BCUT2D eigenvalue weighted by Gasteiger charge is 2.55. The zero-order chi connectivity index (χ0) is 29.0. The molecule has 5 rings (SSSR count). The van der Waals surface area contributed by atoms with Crippen LogP contribution in [-0.4, -0.2) is 49.4 Å². The number of fused-ring (bicyclic) bond motifs is 1. The van der Waals surface area contributed by atoms with Gasteiger partial charge in [-0.3, -0.25) is 4.79 Å². The Bertz CT molecular complexity index is 1120. The molecule has 3 saturated heterocycles. The molecule has 3 aliphatic rings. The van der Waals surface area contributed by atoms with E-state index in [9.17, 15) is 4.79 Å². The minimum absolute atomic E-state index is 0.0220. The topological polar surface area (TPSA) is 72.5 Å². The molecule has 7 nitrogen and oxygen atoms in total. The molecule has 0 aliphatic carbocycles. The predicted molar refractivity (Wildman–Crippen MR) is 155 cm³/mol. The number of ether oxygens (including phenoxy) is 6. The number of carbonyl (C=O) groups is 1. The average Bonchev–Trinajstić information content (AvgIpc) is 2.96. The maximum Gasteiger partial charge on any atom is 0.308 e. The molecule has 1 spiro atoms. The first-order valence-electron chi connectivity index (χ1n) is 15.2. The molecule has 0 amide bonds. The quantitative estimate of drug-likeness (QED) is 0.323. The van der Waals surface area contributed by atoms with Crippen molar-refractivity contribution in [2.45, 2.75) is 109 Å². The Hall–Kier alpha value is -2.45. The monoisotopic (exact) mass is 566 g/mol. The van der Waals surface area contributed by atoms with E-state index < -0.39 is 11.9 Å². The number of hydrogen-bond acceptors (Lipinski definition) is 7. The van der Waals surface area contributed by atoms with Crippen LogP contribution in [0.2, 0.25) is 0 Å². The number of carbonyl (C=O) groups excluding carboxylic acids is 1. The summed E-state index contributed by atoms with van der Waals surface area (Å²) in [5, 5.41) is 0. The summed E-state index contributed by atoms with van der Waals surface area (Å²) < 4.78 is 37.6. The van der Waals surface area contributed by atoms with Gasteiger partial charge in [0.25, 0.3) is 0 Å². The molecular weight excluding hydrogens is 520 g/mol. The van der Waals surface area contributed by atoms with Gasteiger partial charge in [-0.25, -0.2) is 0 Å². The molecule has 0 aromatic heterocycles. The van der Waals surface area contributed by atoms with Crippen molar-refractivity contribution in [1.29, 1.82) is 0 Å². The van der Waals surface area contributed by atoms with Crippen LogP contribution in [0.1, 0.15) is 70.9 Å². The maximum absolute atomic E-state index is 13.1. The van der Waals surface area contributed by atoms with Gasteiger partial charge < -0.3 is 28.4 Å². The van der Waals surface area contributed by atoms with Crippen molar-refractivity contribution >= 4 is 5.97 Å². The van der Waals surface area contributed by atoms with E-state index in [1.807, 2.05) is 54.6 Å². The Balaban J connectivity index is 1.31. The minimum atomic E-state index is -0.771. The summed E-state index contributed by atoms with van der Waals surface area (Å²) in [5.74, 6) is 0.550. The Morgan fingerprint density at radius 1 is 0.878 bits per heavy atom. The van der Waals surface area contributed by atoms with Gasteiger partial charge in [-0.2, -0.15) is 0 Å². The molecule has 3 heterocycles. The molecule has 0 N–H and O–H groups in total. The second-order valence-electron chi connectivity index (χ2n) is 12.3. The standard InChI is InChI=1S/C34H46O7/c1-6-28-22(2)16-29-33(39-28)24(4)19-34(40-29)18-23(3)32(38-21-26-12-14-27(36-5)15-13-26)30(41-34)17-31(35)37-20-25-10-8-7-9-11-25/h7-15,22-24,28-30,32-33H,6,16-21H2,1-5H3/t22-,23+,24+,28?,29+,30+,32+,33+,34?/m1/s1. The molecule has 0 saturated carbocycles. The van der Waals surface area contributed by atoms with Crippen LogP contribution in [0.3, 0.4) is 0 Å². The van der Waals surface area contributed by atoms with Crippen LogP contribution in [0.5, 0.6) is 5.75 Å². The van der Waals surface area contributed by atoms with E-state index in [0.717, 1.165) is 36.1 Å². The molecule has 0 radical (unpaired) electrons. The summed E-state index contributed by atoms with van der Waals surface area (Å²) in [6.07, 6.45) is 3.03. The molecule has 3 fully saturated rings. The minimum Gasteiger partial charge on any atom is -0.497 e. The predicted octanol–water partition coefficient (Wildman–Crippen LogP) is 6.46. The Morgan fingerprint density at radius 3 is 2.29 bits per heavy atom. The van der Waals surface area contributed by atoms with E-state index in [4.69, 9.17) is 28.4 Å². The summed E-state index contributed by atoms with van der Waals surface area (Å²) in [6, 6.07) is 17.6. The lowest BCUT2D eigenvalue weighted by molar-refractivity contribution is -0.375. The second kappa shape index (κ2) is 13.2. The van der Waals surface area contributed by atoms with Crippen LogP contribution in [0.25, 0.3) is 0 Å². The van der Waals surface area contributed by atoms with Gasteiger partial charge in [0.05, 0.1) is 50.7 Å². The van der Waals surface area contributed by atoms with E-state index in [1.54, 1.807) is 7.11 Å². The van der Waals surface area contributed by atoms with Crippen molar-refractivity contribution in [1.82, 2.24) is 0 Å². The smallest absolute Gasteiger partial charge is 0.308 e. The number of benzene rings is 2. The van der Waals surface area contributed by atoms with Gasteiger partial charge in [0.15, 0.2) is 5.79 Å². The molecule has 9 atom stereocenters. The van der Waals surface area contributed by atoms with Gasteiger partial charge in [0.1, 0.15) is 12.4 Å². The van der Waals surface area contributed by atoms with Gasteiger partial charge >= 0.3 is 5.97 Å². The van der Waals surface area contributed by atoms with E-state index >= 15 is 0 Å².